The highest BCUT2D eigenvalue weighted by atomic mass is 16.5. The first-order valence-electron chi connectivity index (χ1n) is 5.75. The molecule has 8 heteroatoms. The Kier molecular flexibility index (Phi) is 3.79. The molecule has 2 N–H and O–H groups in total. The van der Waals surface area contributed by atoms with Crippen LogP contribution in [0.4, 0.5) is 10.6 Å². The molecule has 0 aromatic carbocycles. The molecule has 1 amide bonds. The minimum Gasteiger partial charge on any atom is -0.476 e. The summed E-state index contributed by atoms with van der Waals surface area (Å²) in [5.41, 5.74) is -0.0906. The molecule has 19 heavy (non-hydrogen) atoms. The van der Waals surface area contributed by atoms with E-state index in [2.05, 4.69) is 20.0 Å². The highest BCUT2D eigenvalue weighted by molar-refractivity contribution is 5.84. The number of rotatable bonds is 3. The number of aromatic carboxylic acids is 1. The molecule has 2 heterocycles. The Hall–Kier alpha value is -2.38. The number of ether oxygens (including phenoxy) is 1. The van der Waals surface area contributed by atoms with Gasteiger partial charge in [-0.15, -0.1) is 0 Å². The molecule has 0 bridgehead atoms. The zero-order valence-electron chi connectivity index (χ0n) is 10.4. The summed E-state index contributed by atoms with van der Waals surface area (Å²) in [4.78, 5) is 31.5. The first-order chi connectivity index (χ1) is 9.10. The van der Waals surface area contributed by atoms with Gasteiger partial charge in [0.2, 0.25) is 0 Å². The fourth-order valence-corrected chi connectivity index (χ4v) is 1.91. The quantitative estimate of drug-likeness (QED) is 0.799. The number of carbonyl (C=O) groups is 2. The first kappa shape index (κ1) is 13.1. The van der Waals surface area contributed by atoms with Crippen molar-refractivity contribution in [1.82, 2.24) is 15.3 Å². The van der Waals surface area contributed by atoms with Gasteiger partial charge in [-0.3, -0.25) is 0 Å². The van der Waals surface area contributed by atoms with Crippen LogP contribution < -0.4 is 10.2 Å². The number of methoxy groups -OCH3 is 1. The maximum atomic E-state index is 11.1. The van der Waals surface area contributed by atoms with Crippen molar-refractivity contribution in [2.75, 3.05) is 25.1 Å². The Bertz CT molecular complexity index is 476. The second kappa shape index (κ2) is 5.51. The Morgan fingerprint density at radius 1 is 1.47 bits per heavy atom. The Morgan fingerprint density at radius 2 is 2.26 bits per heavy atom. The molecule has 1 aliphatic rings. The van der Waals surface area contributed by atoms with Gasteiger partial charge in [0.15, 0.2) is 5.69 Å². The van der Waals surface area contributed by atoms with Crippen LogP contribution >= 0.6 is 0 Å². The summed E-state index contributed by atoms with van der Waals surface area (Å²) in [5, 5.41) is 11.4. The number of nitrogens with one attached hydrogen (secondary N) is 1. The molecule has 1 aliphatic heterocycles. The molecule has 0 aliphatic carbocycles. The normalized spacial score (nSPS) is 18.2. The minimum absolute atomic E-state index is 0.00611. The van der Waals surface area contributed by atoms with Crippen molar-refractivity contribution in [3.8, 4) is 0 Å². The molecule has 2 rings (SSSR count). The highest BCUT2D eigenvalue weighted by Gasteiger charge is 2.25. The molecular weight excluding hydrogens is 252 g/mol. The van der Waals surface area contributed by atoms with E-state index in [9.17, 15) is 9.59 Å². The molecule has 0 radical (unpaired) electrons. The van der Waals surface area contributed by atoms with Crippen molar-refractivity contribution in [2.24, 2.45) is 0 Å². The van der Waals surface area contributed by atoms with Gasteiger partial charge in [-0.2, -0.15) is 0 Å². The van der Waals surface area contributed by atoms with E-state index in [-0.39, 0.29) is 11.7 Å². The topological polar surface area (TPSA) is 105 Å². The van der Waals surface area contributed by atoms with E-state index >= 15 is 0 Å². The van der Waals surface area contributed by atoms with Gasteiger partial charge in [0, 0.05) is 13.1 Å². The summed E-state index contributed by atoms with van der Waals surface area (Å²) in [6, 6.07) is -0.00611. The zero-order chi connectivity index (χ0) is 13.8. The fraction of sp³-hybridized carbons (Fsp3) is 0.455. The number of alkyl carbamates (subject to hydrolysis) is 1. The van der Waals surface area contributed by atoms with E-state index in [1.165, 1.54) is 19.5 Å². The average molecular weight is 266 g/mol. The summed E-state index contributed by atoms with van der Waals surface area (Å²) < 4.78 is 4.53. The van der Waals surface area contributed by atoms with Crippen LogP contribution in [0.1, 0.15) is 16.9 Å². The predicted octanol–water partition coefficient (Wildman–Crippen LogP) is 0.109. The number of carbonyl (C=O) groups excluding carboxylic acids is 1. The summed E-state index contributed by atoms with van der Waals surface area (Å²) in [6.45, 7) is 1.31. The van der Waals surface area contributed by atoms with Gasteiger partial charge in [0.1, 0.15) is 5.82 Å². The van der Waals surface area contributed by atoms with Crippen LogP contribution in [0.15, 0.2) is 12.4 Å². The van der Waals surface area contributed by atoms with Crippen LogP contribution in [0.5, 0.6) is 0 Å². The largest absolute Gasteiger partial charge is 0.476 e. The van der Waals surface area contributed by atoms with E-state index in [4.69, 9.17) is 5.11 Å². The standard InChI is InChI=1S/C11H14N4O4/c1-19-11(18)14-7-2-3-15(6-7)9-5-12-8(4-13-9)10(16)17/h4-5,7H,2-3,6H2,1H3,(H,14,18)(H,16,17). The summed E-state index contributed by atoms with van der Waals surface area (Å²) in [5.74, 6) is -0.509. The number of amides is 1. The number of carboxylic acid groups (broad SMARTS) is 1. The number of aromatic nitrogens is 2. The molecule has 1 fully saturated rings. The van der Waals surface area contributed by atoms with E-state index in [1.54, 1.807) is 0 Å². The molecule has 0 spiro atoms. The van der Waals surface area contributed by atoms with Crippen LogP contribution in [0, 0.1) is 0 Å². The Balaban J connectivity index is 1.96. The minimum atomic E-state index is -1.11. The lowest BCUT2D eigenvalue weighted by Gasteiger charge is -2.17. The number of carboxylic acids is 1. The van der Waals surface area contributed by atoms with Crippen LogP contribution in [0.25, 0.3) is 0 Å². The average Bonchev–Trinajstić information content (AvgIpc) is 2.87. The lowest BCUT2D eigenvalue weighted by molar-refractivity contribution is 0.0690. The number of hydrogen-bond acceptors (Lipinski definition) is 6. The van der Waals surface area contributed by atoms with Crippen molar-refractivity contribution in [2.45, 2.75) is 12.5 Å². The lowest BCUT2D eigenvalue weighted by Crippen LogP contribution is -2.37. The van der Waals surface area contributed by atoms with Crippen molar-refractivity contribution < 1.29 is 19.4 Å². The zero-order valence-corrected chi connectivity index (χ0v) is 10.4. The maximum absolute atomic E-state index is 11.1. The molecule has 102 valence electrons. The van der Waals surface area contributed by atoms with Gasteiger partial charge in [-0.1, -0.05) is 0 Å². The molecule has 1 saturated heterocycles. The van der Waals surface area contributed by atoms with Crippen LogP contribution in [-0.2, 0) is 4.74 Å². The third-order valence-corrected chi connectivity index (χ3v) is 2.88. The van der Waals surface area contributed by atoms with E-state index in [0.717, 1.165) is 13.0 Å². The molecule has 0 saturated carbocycles. The summed E-state index contributed by atoms with van der Waals surface area (Å²) in [6.07, 6.45) is 2.96. The molecular formula is C11H14N4O4. The number of hydrogen-bond donors (Lipinski definition) is 2. The smallest absolute Gasteiger partial charge is 0.407 e. The fourth-order valence-electron chi connectivity index (χ4n) is 1.91. The van der Waals surface area contributed by atoms with Gasteiger partial charge < -0.3 is 20.1 Å². The van der Waals surface area contributed by atoms with Crippen LogP contribution in [-0.4, -0.2) is 53.4 Å². The van der Waals surface area contributed by atoms with Gasteiger partial charge in [-0.25, -0.2) is 19.6 Å². The monoisotopic (exact) mass is 266 g/mol. The maximum Gasteiger partial charge on any atom is 0.407 e. The molecule has 1 atom stereocenters. The predicted molar refractivity (Wildman–Crippen MR) is 65.2 cm³/mol. The lowest BCUT2D eigenvalue weighted by atomic mass is 10.3. The second-order valence-electron chi connectivity index (χ2n) is 4.13. The van der Waals surface area contributed by atoms with Gasteiger partial charge in [-0.05, 0) is 6.42 Å². The van der Waals surface area contributed by atoms with Crippen molar-refractivity contribution >= 4 is 17.9 Å². The first-order valence-corrected chi connectivity index (χ1v) is 5.75. The molecule has 1 unspecified atom stereocenters. The SMILES string of the molecule is COC(=O)NC1CCN(c2cnc(C(=O)O)cn2)C1. The van der Waals surface area contributed by atoms with Crippen molar-refractivity contribution in [3.63, 3.8) is 0 Å². The van der Waals surface area contributed by atoms with Crippen molar-refractivity contribution in [3.05, 3.63) is 18.1 Å². The second-order valence-corrected chi connectivity index (χ2v) is 4.13. The van der Waals surface area contributed by atoms with Gasteiger partial charge >= 0.3 is 12.1 Å². The third-order valence-electron chi connectivity index (χ3n) is 2.88. The van der Waals surface area contributed by atoms with E-state index < -0.39 is 12.1 Å². The Labute approximate surface area is 109 Å². The van der Waals surface area contributed by atoms with E-state index in [0.29, 0.717) is 12.4 Å². The summed E-state index contributed by atoms with van der Waals surface area (Å²) in [7, 11) is 1.32. The van der Waals surface area contributed by atoms with Crippen LogP contribution in [0.2, 0.25) is 0 Å². The van der Waals surface area contributed by atoms with Crippen LogP contribution in [0.3, 0.4) is 0 Å². The summed E-state index contributed by atoms with van der Waals surface area (Å²) >= 11 is 0. The van der Waals surface area contributed by atoms with Gasteiger partial charge in [0.25, 0.3) is 0 Å². The number of nitrogens with zero attached hydrogens (tertiary/aromatic N) is 3. The molecule has 8 nitrogen and oxygen atoms in total. The third kappa shape index (κ3) is 3.09. The van der Waals surface area contributed by atoms with E-state index in [1.807, 2.05) is 4.90 Å². The molecule has 1 aromatic rings. The molecule has 1 aromatic heterocycles. The highest BCUT2D eigenvalue weighted by Crippen LogP contribution is 2.17. The number of anilines is 1. The van der Waals surface area contributed by atoms with Gasteiger partial charge in [0.05, 0.1) is 25.5 Å². The van der Waals surface area contributed by atoms with Crippen molar-refractivity contribution in [1.29, 1.82) is 0 Å². The Morgan fingerprint density at radius 3 is 2.84 bits per heavy atom.